The van der Waals surface area contributed by atoms with Crippen molar-refractivity contribution in [1.29, 1.82) is 0 Å². The molecule has 0 radical (unpaired) electrons. The van der Waals surface area contributed by atoms with Gasteiger partial charge in [0.2, 0.25) is 0 Å². The van der Waals surface area contributed by atoms with Crippen molar-refractivity contribution >= 4 is 5.69 Å². The lowest BCUT2D eigenvalue weighted by Gasteiger charge is -2.62. The molecule has 2 aliphatic heterocycles. The van der Waals surface area contributed by atoms with E-state index in [1.54, 1.807) is 12.3 Å². The summed E-state index contributed by atoms with van der Waals surface area (Å²) in [6.07, 6.45) is 6.02. The highest BCUT2D eigenvalue weighted by Crippen LogP contribution is 2.68. The van der Waals surface area contributed by atoms with Crippen molar-refractivity contribution in [3.63, 3.8) is 0 Å². The lowest BCUT2D eigenvalue weighted by Crippen LogP contribution is -2.74. The Morgan fingerprint density at radius 2 is 2.14 bits per heavy atom. The summed E-state index contributed by atoms with van der Waals surface area (Å²) in [5.41, 5.74) is 9.20. The van der Waals surface area contributed by atoms with Crippen LogP contribution in [-0.4, -0.2) is 44.8 Å². The number of anilines is 1. The number of phenolic OH excluding ortho intramolecular Hbond substituents is 1. The van der Waals surface area contributed by atoms with Crippen molar-refractivity contribution in [1.82, 2.24) is 9.88 Å². The number of aromatic nitrogens is 1. The molecule has 1 aromatic heterocycles. The summed E-state index contributed by atoms with van der Waals surface area (Å²) in [5, 5.41) is 23.1. The largest absolute Gasteiger partial charge is 0.504 e. The minimum absolute atomic E-state index is 0.0422. The van der Waals surface area contributed by atoms with E-state index in [2.05, 4.69) is 9.88 Å². The topological polar surface area (TPSA) is 91.8 Å². The zero-order valence-electron chi connectivity index (χ0n) is 16.3. The van der Waals surface area contributed by atoms with Crippen LogP contribution < -0.4 is 10.5 Å². The van der Waals surface area contributed by atoms with Crippen molar-refractivity contribution < 1.29 is 14.9 Å². The SMILES string of the molecule is Nc1cnc2c(c1)C[C@@]1(O)C3Cc4ccc(O)c5c4[C@@]1(CCN3CC1CC1)[C@H]2O5. The number of hydrogen-bond donors (Lipinski definition) is 3. The summed E-state index contributed by atoms with van der Waals surface area (Å²) < 4.78 is 6.44. The molecular formula is C23H25N3O3. The van der Waals surface area contributed by atoms with Gasteiger partial charge in [-0.2, -0.15) is 0 Å². The molecule has 5 aliphatic rings. The van der Waals surface area contributed by atoms with Gasteiger partial charge >= 0.3 is 0 Å². The van der Waals surface area contributed by atoms with Crippen LogP contribution >= 0.6 is 0 Å². The highest BCUT2D eigenvalue weighted by atomic mass is 16.5. The molecule has 1 saturated carbocycles. The van der Waals surface area contributed by atoms with Gasteiger partial charge in [-0.25, -0.2) is 0 Å². The third-order valence-electron chi connectivity index (χ3n) is 8.24. The summed E-state index contributed by atoms with van der Waals surface area (Å²) in [4.78, 5) is 7.18. The molecule has 2 fully saturated rings. The Balaban J connectivity index is 1.50. The summed E-state index contributed by atoms with van der Waals surface area (Å²) in [5.74, 6) is 1.48. The van der Waals surface area contributed by atoms with E-state index in [1.807, 2.05) is 12.1 Å². The van der Waals surface area contributed by atoms with E-state index >= 15 is 0 Å². The van der Waals surface area contributed by atoms with E-state index < -0.39 is 11.0 Å². The number of aliphatic hydroxyl groups is 1. The van der Waals surface area contributed by atoms with Crippen molar-refractivity contribution in [2.75, 3.05) is 18.8 Å². The van der Waals surface area contributed by atoms with Gasteiger partial charge in [-0.3, -0.25) is 9.88 Å². The standard InChI is InChI=1S/C23H25N3O3/c24-15-7-14-9-23(28)17-8-13-3-4-16(27)20-18(13)22(23,21(29-20)19(14)25-10-15)5-6-26(17)11-12-1-2-12/h3-4,7,10,12,17,21,27-28H,1-2,5-6,8-9,11,24H2/t17?,21-,22-,23+/m0/s1. The van der Waals surface area contributed by atoms with Gasteiger partial charge in [0, 0.05) is 24.6 Å². The minimum Gasteiger partial charge on any atom is -0.504 e. The fourth-order valence-corrected chi connectivity index (χ4v) is 6.86. The predicted octanol–water partition coefficient (Wildman–Crippen LogP) is 2.07. The molecule has 4 N–H and O–H groups in total. The van der Waals surface area contributed by atoms with Crippen LogP contribution in [0.25, 0.3) is 0 Å². The van der Waals surface area contributed by atoms with E-state index in [9.17, 15) is 10.2 Å². The van der Waals surface area contributed by atoms with Crippen LogP contribution in [0.4, 0.5) is 5.69 Å². The lowest BCUT2D eigenvalue weighted by atomic mass is 9.49. The molecule has 2 aromatic rings. The number of phenols is 1. The fourth-order valence-electron chi connectivity index (χ4n) is 6.86. The van der Waals surface area contributed by atoms with Crippen molar-refractivity contribution in [2.45, 2.75) is 55.3 Å². The molecule has 4 atom stereocenters. The molecular weight excluding hydrogens is 366 g/mol. The first kappa shape index (κ1) is 16.5. The maximum atomic E-state index is 12.5. The highest BCUT2D eigenvalue weighted by molar-refractivity contribution is 5.64. The number of aromatic hydroxyl groups is 1. The maximum Gasteiger partial charge on any atom is 0.166 e. The van der Waals surface area contributed by atoms with E-state index in [-0.39, 0.29) is 17.9 Å². The number of nitrogens with two attached hydrogens (primary N) is 1. The van der Waals surface area contributed by atoms with Gasteiger partial charge in [0.05, 0.1) is 28.6 Å². The Bertz CT molecular complexity index is 1070. The molecule has 1 saturated heterocycles. The summed E-state index contributed by atoms with van der Waals surface area (Å²) in [7, 11) is 0. The second-order valence-corrected chi connectivity index (χ2v) is 9.74. The zero-order valence-corrected chi connectivity index (χ0v) is 16.3. The first-order valence-electron chi connectivity index (χ1n) is 10.7. The number of nitrogens with zero attached hydrogens (tertiary/aromatic N) is 2. The lowest BCUT2D eigenvalue weighted by molar-refractivity contribution is -0.173. The Kier molecular flexibility index (Phi) is 2.87. The molecule has 1 spiro atoms. The van der Waals surface area contributed by atoms with Crippen molar-refractivity contribution in [3.8, 4) is 11.5 Å². The average molecular weight is 391 g/mol. The van der Waals surface area contributed by atoms with Gasteiger partial charge in [0.1, 0.15) is 0 Å². The summed E-state index contributed by atoms with van der Waals surface area (Å²) in [6.45, 7) is 2.01. The third kappa shape index (κ3) is 1.83. The number of fused-ring (bicyclic) bond motifs is 2. The Morgan fingerprint density at radius 1 is 1.28 bits per heavy atom. The minimum atomic E-state index is -0.959. The van der Waals surface area contributed by atoms with Crippen LogP contribution in [-0.2, 0) is 18.3 Å². The van der Waals surface area contributed by atoms with Gasteiger partial charge < -0.3 is 20.7 Å². The molecule has 0 amide bonds. The van der Waals surface area contributed by atoms with E-state index in [4.69, 9.17) is 10.5 Å². The van der Waals surface area contributed by atoms with E-state index in [0.29, 0.717) is 17.9 Å². The van der Waals surface area contributed by atoms with Gasteiger partial charge in [0.25, 0.3) is 0 Å². The van der Waals surface area contributed by atoms with Crippen LogP contribution in [0.2, 0.25) is 0 Å². The molecule has 150 valence electrons. The molecule has 6 nitrogen and oxygen atoms in total. The first-order chi connectivity index (χ1) is 14.0. The van der Waals surface area contributed by atoms with Crippen LogP contribution in [0.5, 0.6) is 11.5 Å². The van der Waals surface area contributed by atoms with Gasteiger partial charge in [0.15, 0.2) is 17.6 Å². The smallest absolute Gasteiger partial charge is 0.166 e. The third-order valence-corrected chi connectivity index (χ3v) is 8.24. The Labute approximate surface area is 169 Å². The molecule has 29 heavy (non-hydrogen) atoms. The number of piperidine rings is 1. The number of pyridine rings is 1. The number of hydrogen-bond acceptors (Lipinski definition) is 6. The van der Waals surface area contributed by atoms with E-state index in [1.165, 1.54) is 18.4 Å². The van der Waals surface area contributed by atoms with Gasteiger partial charge in [-0.1, -0.05) is 6.07 Å². The van der Waals surface area contributed by atoms with Gasteiger partial charge in [-0.15, -0.1) is 0 Å². The molecule has 1 aromatic carbocycles. The van der Waals surface area contributed by atoms with Gasteiger partial charge in [-0.05, 0) is 61.4 Å². The average Bonchev–Trinajstić information content (AvgIpc) is 3.42. The van der Waals surface area contributed by atoms with Crippen molar-refractivity contribution in [2.24, 2.45) is 5.92 Å². The highest BCUT2D eigenvalue weighted by Gasteiger charge is 2.72. The van der Waals surface area contributed by atoms with Crippen molar-refractivity contribution in [3.05, 3.63) is 46.8 Å². The fraction of sp³-hybridized carbons (Fsp3) is 0.522. The number of likely N-dealkylation sites (tertiary alicyclic amines) is 1. The molecule has 7 rings (SSSR count). The normalized spacial score (nSPS) is 36.3. The number of benzene rings is 1. The van der Waals surface area contributed by atoms with Crippen LogP contribution in [0.3, 0.4) is 0 Å². The summed E-state index contributed by atoms with van der Waals surface area (Å²) >= 11 is 0. The predicted molar refractivity (Wildman–Crippen MR) is 107 cm³/mol. The number of ether oxygens (including phenoxy) is 1. The van der Waals surface area contributed by atoms with Crippen LogP contribution in [0.15, 0.2) is 24.4 Å². The van der Waals surface area contributed by atoms with E-state index in [0.717, 1.165) is 48.7 Å². The van der Waals surface area contributed by atoms with Crippen LogP contribution in [0.1, 0.15) is 47.8 Å². The monoisotopic (exact) mass is 391 g/mol. The summed E-state index contributed by atoms with van der Waals surface area (Å²) in [6, 6.07) is 5.75. The molecule has 2 bridgehead atoms. The second-order valence-electron chi connectivity index (χ2n) is 9.74. The number of rotatable bonds is 2. The Morgan fingerprint density at radius 3 is 2.97 bits per heavy atom. The first-order valence-corrected chi connectivity index (χ1v) is 10.7. The zero-order chi connectivity index (χ0) is 19.5. The molecule has 1 unspecified atom stereocenters. The Hall–Kier alpha value is -2.31. The molecule has 6 heteroatoms. The maximum absolute atomic E-state index is 12.5. The quantitative estimate of drug-likeness (QED) is 0.726. The second kappa shape index (κ2) is 5.05. The van der Waals surface area contributed by atoms with Crippen LogP contribution in [0, 0.1) is 5.92 Å². The molecule has 3 aliphatic carbocycles. The molecule has 3 heterocycles. The number of nitrogen functional groups attached to an aromatic ring is 1.